The number of hydrogen-bond acceptors (Lipinski definition) is 4. The van der Waals surface area contributed by atoms with Crippen LogP contribution in [0.3, 0.4) is 0 Å². The lowest BCUT2D eigenvalue weighted by molar-refractivity contribution is 0.102. The summed E-state index contributed by atoms with van der Waals surface area (Å²) in [4.78, 5) is 27.5. The van der Waals surface area contributed by atoms with Gasteiger partial charge in [-0.3, -0.25) is 9.59 Å². The summed E-state index contributed by atoms with van der Waals surface area (Å²) in [5, 5.41) is 3.38. The van der Waals surface area contributed by atoms with Gasteiger partial charge in [-0.1, -0.05) is 43.6 Å². The number of sulfonamides is 1. The van der Waals surface area contributed by atoms with Crippen LogP contribution in [0.2, 0.25) is 5.02 Å². The third-order valence-corrected chi connectivity index (χ3v) is 6.90. The maximum atomic E-state index is 12.9. The van der Waals surface area contributed by atoms with E-state index in [4.69, 9.17) is 11.6 Å². The quantitative estimate of drug-likeness (QED) is 0.621. The maximum absolute atomic E-state index is 12.9. The molecule has 0 spiro atoms. The van der Waals surface area contributed by atoms with Crippen molar-refractivity contribution in [1.82, 2.24) is 9.29 Å². The summed E-state index contributed by atoms with van der Waals surface area (Å²) in [5.74, 6) is -0.563. The number of nitrogens with zero attached hydrogens (tertiary/aromatic N) is 1. The molecule has 29 heavy (non-hydrogen) atoms. The van der Waals surface area contributed by atoms with Gasteiger partial charge in [0.15, 0.2) is 0 Å². The van der Waals surface area contributed by atoms with E-state index in [0.29, 0.717) is 24.0 Å². The molecule has 0 saturated heterocycles. The molecule has 0 fully saturated rings. The summed E-state index contributed by atoms with van der Waals surface area (Å²) < 4.78 is 26.8. The molecule has 1 amide bonds. The molecule has 0 aliphatic rings. The Morgan fingerprint density at radius 2 is 1.79 bits per heavy atom. The number of pyridine rings is 1. The number of fused-ring (bicyclic) bond motifs is 1. The number of carbonyl (C=O) groups excluding carboxylic acids is 1. The maximum Gasteiger partial charge on any atom is 0.256 e. The van der Waals surface area contributed by atoms with E-state index < -0.39 is 21.5 Å². The van der Waals surface area contributed by atoms with Gasteiger partial charge in [-0.25, -0.2) is 8.42 Å². The molecule has 2 aromatic carbocycles. The molecule has 152 valence electrons. The zero-order valence-corrected chi connectivity index (χ0v) is 17.5. The molecule has 1 aromatic heterocycles. The second-order valence-corrected chi connectivity index (χ2v) is 8.62. The smallest absolute Gasteiger partial charge is 0.256 e. The second kappa shape index (κ2) is 8.36. The number of benzene rings is 2. The van der Waals surface area contributed by atoms with E-state index in [1.54, 1.807) is 38.1 Å². The number of amides is 1. The monoisotopic (exact) mass is 433 g/mol. The van der Waals surface area contributed by atoms with Crippen LogP contribution < -0.4 is 10.9 Å². The topological polar surface area (TPSA) is 99.3 Å². The molecular formula is C20H20ClN3O4S. The number of rotatable bonds is 6. The number of carbonyl (C=O) groups is 1. The predicted octanol–water partition coefficient (Wildman–Crippen LogP) is 3.46. The van der Waals surface area contributed by atoms with Gasteiger partial charge in [0, 0.05) is 30.1 Å². The molecule has 0 atom stereocenters. The van der Waals surface area contributed by atoms with Crippen molar-refractivity contribution in [2.45, 2.75) is 18.7 Å². The van der Waals surface area contributed by atoms with Crippen LogP contribution in [0, 0.1) is 0 Å². The highest BCUT2D eigenvalue weighted by molar-refractivity contribution is 7.89. The van der Waals surface area contributed by atoms with Gasteiger partial charge in [-0.15, -0.1) is 0 Å². The highest BCUT2D eigenvalue weighted by Gasteiger charge is 2.23. The highest BCUT2D eigenvalue weighted by Crippen LogP contribution is 2.28. The first-order valence-corrected chi connectivity index (χ1v) is 10.8. The molecule has 0 bridgehead atoms. The Bertz CT molecular complexity index is 1230. The van der Waals surface area contributed by atoms with Gasteiger partial charge in [0.2, 0.25) is 15.6 Å². The van der Waals surface area contributed by atoms with Crippen LogP contribution in [0.15, 0.2) is 58.2 Å². The lowest BCUT2D eigenvalue weighted by Crippen LogP contribution is -2.30. The van der Waals surface area contributed by atoms with E-state index in [1.165, 1.54) is 28.6 Å². The van der Waals surface area contributed by atoms with E-state index in [2.05, 4.69) is 10.3 Å². The van der Waals surface area contributed by atoms with Crippen LogP contribution >= 0.6 is 11.6 Å². The Morgan fingerprint density at radius 3 is 2.48 bits per heavy atom. The van der Waals surface area contributed by atoms with Gasteiger partial charge in [0.05, 0.1) is 21.2 Å². The van der Waals surface area contributed by atoms with Crippen molar-refractivity contribution < 1.29 is 13.2 Å². The summed E-state index contributed by atoms with van der Waals surface area (Å²) in [7, 11) is -3.71. The third-order valence-electron chi connectivity index (χ3n) is 4.52. The van der Waals surface area contributed by atoms with Crippen molar-refractivity contribution in [2.75, 3.05) is 18.4 Å². The fourth-order valence-corrected chi connectivity index (χ4v) is 4.70. The Labute approximate surface area is 173 Å². The van der Waals surface area contributed by atoms with Gasteiger partial charge >= 0.3 is 0 Å². The minimum absolute atomic E-state index is 0.0247. The van der Waals surface area contributed by atoms with Gasteiger partial charge in [0.1, 0.15) is 0 Å². The van der Waals surface area contributed by atoms with Crippen LogP contribution in [0.4, 0.5) is 5.69 Å². The summed E-state index contributed by atoms with van der Waals surface area (Å²) in [6, 6.07) is 12.2. The first kappa shape index (κ1) is 21.0. The van der Waals surface area contributed by atoms with E-state index in [1.807, 2.05) is 0 Å². The van der Waals surface area contributed by atoms with Crippen molar-refractivity contribution in [2.24, 2.45) is 0 Å². The largest absolute Gasteiger partial charge is 0.322 e. The van der Waals surface area contributed by atoms with Crippen LogP contribution in [-0.2, 0) is 10.0 Å². The number of aromatic nitrogens is 1. The number of aromatic amines is 1. The number of H-pyrrole nitrogens is 1. The minimum Gasteiger partial charge on any atom is -0.322 e. The Morgan fingerprint density at radius 1 is 1.10 bits per heavy atom. The number of anilines is 1. The zero-order valence-electron chi connectivity index (χ0n) is 15.9. The predicted molar refractivity (Wildman–Crippen MR) is 114 cm³/mol. The number of nitrogens with one attached hydrogen (secondary N) is 2. The van der Waals surface area contributed by atoms with E-state index in [-0.39, 0.29) is 21.2 Å². The molecule has 2 N–H and O–H groups in total. The molecule has 7 nitrogen and oxygen atoms in total. The molecule has 3 rings (SSSR count). The van der Waals surface area contributed by atoms with Crippen molar-refractivity contribution >= 4 is 44.1 Å². The van der Waals surface area contributed by atoms with Crippen molar-refractivity contribution in [1.29, 1.82) is 0 Å². The summed E-state index contributed by atoms with van der Waals surface area (Å²) >= 11 is 6.18. The van der Waals surface area contributed by atoms with Crippen LogP contribution in [0.1, 0.15) is 24.2 Å². The fraction of sp³-hybridized carbons (Fsp3) is 0.200. The SMILES string of the molecule is CCN(CC)S(=O)(=O)c1ccc(Cl)c(NC(=O)c2cc(=O)[nH]c3ccccc23)c1. The molecule has 1 heterocycles. The normalized spacial score (nSPS) is 11.7. The van der Waals surface area contributed by atoms with E-state index in [9.17, 15) is 18.0 Å². The number of halogens is 1. The van der Waals surface area contributed by atoms with Crippen molar-refractivity contribution in [3.8, 4) is 0 Å². The summed E-state index contributed by atoms with van der Waals surface area (Å²) in [6.07, 6.45) is 0. The summed E-state index contributed by atoms with van der Waals surface area (Å²) in [6.45, 7) is 4.14. The first-order valence-electron chi connectivity index (χ1n) is 9.01. The zero-order chi connectivity index (χ0) is 21.2. The van der Waals surface area contributed by atoms with Crippen LogP contribution in [0.5, 0.6) is 0 Å². The molecule has 9 heteroatoms. The standard InChI is InChI=1S/C20H20ClN3O4S/c1-3-24(4-2)29(27,28)13-9-10-16(21)18(11-13)23-20(26)15-12-19(25)22-17-8-6-5-7-14(15)17/h5-12H,3-4H2,1-2H3,(H,22,25)(H,23,26). The molecule has 0 unspecified atom stereocenters. The Balaban J connectivity index is 2.01. The molecular weight excluding hydrogens is 414 g/mol. The van der Waals surface area contributed by atoms with E-state index >= 15 is 0 Å². The molecule has 0 radical (unpaired) electrons. The first-order chi connectivity index (χ1) is 13.8. The minimum atomic E-state index is -3.71. The average Bonchev–Trinajstić information content (AvgIpc) is 2.69. The molecule has 0 aliphatic carbocycles. The Kier molecular flexibility index (Phi) is 6.07. The highest BCUT2D eigenvalue weighted by atomic mass is 35.5. The lowest BCUT2D eigenvalue weighted by atomic mass is 10.1. The van der Waals surface area contributed by atoms with Gasteiger partial charge < -0.3 is 10.3 Å². The molecule has 0 saturated carbocycles. The van der Waals surface area contributed by atoms with Gasteiger partial charge in [-0.2, -0.15) is 4.31 Å². The number of hydrogen-bond donors (Lipinski definition) is 2. The second-order valence-electron chi connectivity index (χ2n) is 6.28. The lowest BCUT2D eigenvalue weighted by Gasteiger charge is -2.19. The fourth-order valence-electron chi connectivity index (χ4n) is 3.06. The molecule has 3 aromatic rings. The van der Waals surface area contributed by atoms with Gasteiger partial charge in [-0.05, 0) is 24.3 Å². The van der Waals surface area contributed by atoms with Crippen LogP contribution in [0.25, 0.3) is 10.9 Å². The molecule has 0 aliphatic heterocycles. The third kappa shape index (κ3) is 4.19. The van der Waals surface area contributed by atoms with Crippen molar-refractivity contribution in [3.63, 3.8) is 0 Å². The van der Waals surface area contributed by atoms with Crippen LogP contribution in [-0.4, -0.2) is 36.7 Å². The Hall–Kier alpha value is -2.68. The van der Waals surface area contributed by atoms with Crippen molar-refractivity contribution in [3.05, 3.63) is 69.5 Å². The number of para-hydroxylation sites is 1. The summed E-state index contributed by atoms with van der Waals surface area (Å²) in [5.41, 5.74) is 0.415. The van der Waals surface area contributed by atoms with Gasteiger partial charge in [0.25, 0.3) is 5.91 Å². The van der Waals surface area contributed by atoms with E-state index in [0.717, 1.165) is 0 Å². The average molecular weight is 434 g/mol.